The number of hydrogen-bond acceptors (Lipinski definition) is 8. The van der Waals surface area contributed by atoms with Gasteiger partial charge in [-0.05, 0) is 33.7 Å². The first-order chi connectivity index (χ1) is 21.1. The van der Waals surface area contributed by atoms with Crippen molar-refractivity contribution >= 4 is 28.5 Å². The van der Waals surface area contributed by atoms with Crippen molar-refractivity contribution in [3.63, 3.8) is 0 Å². The first-order valence-electron chi connectivity index (χ1n) is 14.6. The molecule has 2 heterocycles. The van der Waals surface area contributed by atoms with Crippen LogP contribution in [0.15, 0.2) is 103 Å². The zero-order valence-corrected chi connectivity index (χ0v) is 25.1. The molecule has 7 nitrogen and oxygen atoms in total. The topological polar surface area (TPSA) is 72.5 Å². The number of fused-ring (bicyclic) bond motifs is 2. The van der Waals surface area contributed by atoms with Crippen molar-refractivity contribution in [1.29, 1.82) is 0 Å². The van der Waals surface area contributed by atoms with E-state index in [2.05, 4.69) is 37.3 Å². The number of rotatable bonds is 10. The third kappa shape index (κ3) is 6.36. The molecule has 2 aliphatic rings. The molecule has 43 heavy (non-hydrogen) atoms. The summed E-state index contributed by atoms with van der Waals surface area (Å²) < 4.78 is 38.0. The lowest BCUT2D eigenvalue weighted by atomic mass is 9.95. The molecule has 4 aromatic rings. The monoisotopic (exact) mass is 600 g/mol. The molecule has 6 rings (SSSR count). The van der Waals surface area contributed by atoms with Crippen molar-refractivity contribution in [2.45, 2.75) is 55.8 Å². The Morgan fingerprint density at radius 1 is 0.837 bits per heavy atom. The summed E-state index contributed by atoms with van der Waals surface area (Å²) in [7, 11) is 1.33. The van der Waals surface area contributed by atoms with Crippen LogP contribution >= 0.6 is 11.8 Å². The quantitative estimate of drug-likeness (QED) is 0.199. The summed E-state index contributed by atoms with van der Waals surface area (Å²) in [6.45, 7) is 2.91. The Labute approximate surface area is 256 Å². The molecule has 224 valence electrons. The minimum absolute atomic E-state index is 0.122. The van der Waals surface area contributed by atoms with Gasteiger partial charge in [0.1, 0.15) is 29.9 Å². The summed E-state index contributed by atoms with van der Waals surface area (Å²) in [6.07, 6.45) is -2.22. The second kappa shape index (κ2) is 13.6. The largest absolute Gasteiger partial charge is 0.465 e. The Morgan fingerprint density at radius 2 is 1.51 bits per heavy atom. The maximum Gasteiger partial charge on any atom is 0.371 e. The molecule has 0 unspecified atom stereocenters. The van der Waals surface area contributed by atoms with E-state index in [1.807, 2.05) is 60.7 Å². The van der Waals surface area contributed by atoms with E-state index in [4.69, 9.17) is 28.4 Å². The highest BCUT2D eigenvalue weighted by Gasteiger charge is 2.58. The van der Waals surface area contributed by atoms with Gasteiger partial charge < -0.3 is 28.4 Å². The van der Waals surface area contributed by atoms with Gasteiger partial charge in [-0.3, -0.25) is 0 Å². The number of carbonyl (C=O) groups is 1. The summed E-state index contributed by atoms with van der Waals surface area (Å²) in [5.41, 5.74) is 2.28. The lowest BCUT2D eigenvalue weighted by molar-refractivity contribution is -0.366. The number of hydrogen-bond donors (Lipinski definition) is 0. The lowest BCUT2D eigenvalue weighted by Crippen LogP contribution is -2.66. The van der Waals surface area contributed by atoms with Gasteiger partial charge in [-0.15, -0.1) is 11.8 Å². The molecule has 2 aliphatic heterocycles. The van der Waals surface area contributed by atoms with Gasteiger partial charge in [-0.2, -0.15) is 0 Å². The highest BCUT2D eigenvalue weighted by atomic mass is 32.2. The van der Waals surface area contributed by atoms with E-state index < -0.39 is 36.2 Å². The van der Waals surface area contributed by atoms with Crippen molar-refractivity contribution in [3.8, 4) is 0 Å². The maximum absolute atomic E-state index is 13.3. The van der Waals surface area contributed by atoms with Crippen molar-refractivity contribution in [2.75, 3.05) is 19.5 Å². The minimum atomic E-state index is -1.76. The van der Waals surface area contributed by atoms with Crippen LogP contribution in [0.25, 0.3) is 10.8 Å². The van der Waals surface area contributed by atoms with Crippen LogP contribution in [0.2, 0.25) is 0 Å². The molecule has 6 atom stereocenters. The van der Waals surface area contributed by atoms with Crippen LogP contribution < -0.4 is 0 Å². The van der Waals surface area contributed by atoms with E-state index >= 15 is 0 Å². The third-order valence-electron chi connectivity index (χ3n) is 7.82. The third-order valence-corrected chi connectivity index (χ3v) is 8.87. The SMILES string of the molecule is CCS[C@H]1O[C@@H]2CO[C@@](C(=O)OC)(c3ccccc3)O[C@H]2[C@H](OCc2ccc3ccccc3c2)[C@@H]1OCc1ccccc1. The van der Waals surface area contributed by atoms with Gasteiger partial charge >= 0.3 is 5.97 Å². The van der Waals surface area contributed by atoms with Crippen LogP contribution in [0.4, 0.5) is 0 Å². The summed E-state index contributed by atoms with van der Waals surface area (Å²) in [5.74, 6) is -1.58. The van der Waals surface area contributed by atoms with Gasteiger partial charge in [0.25, 0.3) is 5.79 Å². The molecule has 0 bridgehead atoms. The molecule has 0 spiro atoms. The zero-order chi connectivity index (χ0) is 29.6. The smallest absolute Gasteiger partial charge is 0.371 e. The molecular weight excluding hydrogens is 564 g/mol. The van der Waals surface area contributed by atoms with E-state index in [-0.39, 0.29) is 12.0 Å². The molecule has 4 aromatic carbocycles. The second-order valence-electron chi connectivity index (χ2n) is 10.6. The Kier molecular flexibility index (Phi) is 9.43. The Balaban J connectivity index is 1.35. The van der Waals surface area contributed by atoms with Gasteiger partial charge in [-0.1, -0.05) is 104 Å². The van der Waals surface area contributed by atoms with E-state index in [9.17, 15) is 4.79 Å². The molecule has 0 aromatic heterocycles. The molecule has 0 saturated carbocycles. The van der Waals surface area contributed by atoms with Crippen LogP contribution in [-0.2, 0) is 52.2 Å². The molecule has 0 N–H and O–H groups in total. The molecule has 0 aliphatic carbocycles. The summed E-state index contributed by atoms with van der Waals surface area (Å²) in [4.78, 5) is 13.3. The molecule has 8 heteroatoms. The average molecular weight is 601 g/mol. The molecule has 2 saturated heterocycles. The number of carbonyl (C=O) groups excluding carboxylic acids is 1. The zero-order valence-electron chi connectivity index (χ0n) is 24.3. The fourth-order valence-corrected chi connectivity index (χ4v) is 6.67. The Bertz CT molecular complexity index is 1500. The maximum atomic E-state index is 13.3. The van der Waals surface area contributed by atoms with Crippen molar-refractivity contribution < 1.29 is 33.2 Å². The molecule has 0 radical (unpaired) electrons. The Hall–Kier alpha value is -3.24. The van der Waals surface area contributed by atoms with Crippen LogP contribution in [0.3, 0.4) is 0 Å². The van der Waals surface area contributed by atoms with Crippen LogP contribution in [-0.4, -0.2) is 55.3 Å². The Morgan fingerprint density at radius 3 is 2.26 bits per heavy atom. The number of esters is 1. The van der Waals surface area contributed by atoms with E-state index in [1.54, 1.807) is 23.9 Å². The van der Waals surface area contributed by atoms with Crippen LogP contribution in [0, 0.1) is 0 Å². The van der Waals surface area contributed by atoms with Crippen LogP contribution in [0.5, 0.6) is 0 Å². The van der Waals surface area contributed by atoms with Gasteiger partial charge in [-0.25, -0.2) is 4.79 Å². The number of thioether (sulfide) groups is 1. The molecule has 0 amide bonds. The fourth-order valence-electron chi connectivity index (χ4n) is 5.70. The summed E-state index contributed by atoms with van der Waals surface area (Å²) in [6, 6.07) is 33.7. The molecular formula is C35H36O7S. The summed E-state index contributed by atoms with van der Waals surface area (Å²) in [5, 5.41) is 2.31. The first kappa shape index (κ1) is 29.8. The standard InChI is InChI=1S/C35H36O7S/c1-3-43-33-32(39-21-24-12-6-4-7-13-24)31(38-22-25-18-19-26-14-10-11-15-27(26)20-25)30-29(41-33)23-40-35(42-30,34(36)37-2)28-16-8-5-9-17-28/h4-20,29-33H,3,21-23H2,1-2H3/t29-,30-,31+,32+,33-,35+/m1/s1. The van der Waals surface area contributed by atoms with Crippen LogP contribution in [0.1, 0.15) is 23.6 Å². The van der Waals surface area contributed by atoms with E-state index in [1.165, 1.54) is 12.5 Å². The number of methoxy groups -OCH3 is 1. The van der Waals surface area contributed by atoms with E-state index in [0.29, 0.717) is 18.8 Å². The van der Waals surface area contributed by atoms with E-state index in [0.717, 1.165) is 22.3 Å². The second-order valence-corrected chi connectivity index (χ2v) is 12.0. The minimum Gasteiger partial charge on any atom is -0.465 e. The highest BCUT2D eigenvalue weighted by Crippen LogP contribution is 2.43. The highest BCUT2D eigenvalue weighted by molar-refractivity contribution is 7.99. The predicted octanol–water partition coefficient (Wildman–Crippen LogP) is 6.23. The summed E-state index contributed by atoms with van der Waals surface area (Å²) >= 11 is 1.66. The predicted molar refractivity (Wildman–Crippen MR) is 165 cm³/mol. The van der Waals surface area contributed by atoms with Gasteiger partial charge in [0.05, 0.1) is 26.9 Å². The van der Waals surface area contributed by atoms with Gasteiger partial charge in [0, 0.05) is 5.56 Å². The number of ether oxygens (including phenoxy) is 6. The van der Waals surface area contributed by atoms with Crippen molar-refractivity contribution in [1.82, 2.24) is 0 Å². The average Bonchev–Trinajstić information content (AvgIpc) is 3.07. The lowest BCUT2D eigenvalue weighted by Gasteiger charge is -2.51. The van der Waals surface area contributed by atoms with Crippen molar-refractivity contribution in [3.05, 3.63) is 120 Å². The number of benzene rings is 4. The van der Waals surface area contributed by atoms with Gasteiger partial charge in [0.2, 0.25) is 0 Å². The normalized spacial score (nSPS) is 27.0. The van der Waals surface area contributed by atoms with Crippen molar-refractivity contribution in [2.24, 2.45) is 0 Å². The first-order valence-corrected chi connectivity index (χ1v) is 15.6. The van der Waals surface area contributed by atoms with Gasteiger partial charge in [0.15, 0.2) is 0 Å². The fraction of sp³-hybridized carbons (Fsp3) is 0.343. The molecule has 2 fully saturated rings.